The van der Waals surface area contributed by atoms with E-state index in [0.29, 0.717) is 0 Å². The van der Waals surface area contributed by atoms with Crippen molar-refractivity contribution in [1.29, 1.82) is 0 Å². The summed E-state index contributed by atoms with van der Waals surface area (Å²) in [5.74, 6) is -3.73. The van der Waals surface area contributed by atoms with Gasteiger partial charge in [0.15, 0.2) is 0 Å². The molecule has 0 saturated carbocycles. The van der Waals surface area contributed by atoms with Crippen LogP contribution >= 0.6 is 0 Å². The van der Waals surface area contributed by atoms with Crippen molar-refractivity contribution in [3.8, 4) is 0 Å². The molecule has 14 heavy (non-hydrogen) atoms. The Kier molecular flexibility index (Phi) is 0.750. The van der Waals surface area contributed by atoms with Gasteiger partial charge in [-0.1, -0.05) is 12.9 Å². The number of benzene rings is 1. The van der Waals surface area contributed by atoms with Gasteiger partial charge < -0.3 is 10.6 Å². The summed E-state index contributed by atoms with van der Waals surface area (Å²) in [7, 11) is 0. The number of hydrogen-bond donors (Lipinski definition) is 1. The van der Waals surface area contributed by atoms with Crippen LogP contribution in [-0.4, -0.2) is 13.0 Å². The summed E-state index contributed by atoms with van der Waals surface area (Å²) in [6.07, 6.45) is -7.24. The summed E-state index contributed by atoms with van der Waals surface area (Å²) in [5, 5.41) is 0. The Morgan fingerprint density at radius 1 is 1.57 bits per heavy atom. The molecule has 1 saturated heterocycles. The lowest BCUT2D eigenvalue weighted by molar-refractivity contribution is 0.438. The lowest BCUT2D eigenvalue weighted by Crippen LogP contribution is -2.32. The van der Waals surface area contributed by atoms with Crippen LogP contribution in [0.4, 0.5) is 11.4 Å². The third kappa shape index (κ3) is 2.00. The molecule has 1 aromatic carbocycles. The molecule has 2 N–H and O–H groups in total. The van der Waals surface area contributed by atoms with Gasteiger partial charge in [-0.3, -0.25) is 0 Å². The average Bonchev–Trinajstić information content (AvgIpc) is 2.42. The molecule has 1 heterocycles. The van der Waals surface area contributed by atoms with Gasteiger partial charge in [0.05, 0.1) is 0 Å². The smallest absolute Gasteiger partial charge is 0.0493 e. The highest BCUT2D eigenvalue weighted by Crippen LogP contribution is 2.23. The molecule has 0 aliphatic carbocycles. The molecule has 0 amide bonds. The Bertz CT molecular complexity index is 682. The number of anilines is 2. The van der Waals surface area contributed by atoms with E-state index < -0.39 is 38.5 Å². The summed E-state index contributed by atoms with van der Waals surface area (Å²) in [4.78, 5) is 0.189. The fourth-order valence-corrected chi connectivity index (χ4v) is 1.08. The van der Waals surface area contributed by atoms with Crippen molar-refractivity contribution in [3.63, 3.8) is 0 Å². The Morgan fingerprint density at radius 2 is 2.36 bits per heavy atom. The highest BCUT2D eigenvalue weighted by atomic mass is 15.1. The van der Waals surface area contributed by atoms with Crippen molar-refractivity contribution < 1.29 is 16.4 Å². The van der Waals surface area contributed by atoms with Crippen LogP contribution in [-0.2, 0) is 0 Å². The number of nitrogens with two attached hydrogens (primary N) is 1. The molecule has 1 aliphatic rings. The number of piperidine rings is 1. The maximum absolute atomic E-state index is 8.16. The predicted octanol–water partition coefficient (Wildman–Crippen LogP) is 2.51. The van der Waals surface area contributed by atoms with Crippen LogP contribution in [0.15, 0.2) is 24.3 Å². The lowest BCUT2D eigenvalue weighted by Gasteiger charge is -2.32. The van der Waals surface area contributed by atoms with E-state index in [0.717, 1.165) is 6.07 Å². The summed E-state index contributed by atoms with van der Waals surface area (Å²) in [6.45, 7) is -10.4. The van der Waals surface area contributed by atoms with E-state index >= 15 is 0 Å². The molecule has 0 unspecified atom stereocenters. The number of hydrogen-bond acceptors (Lipinski definition) is 2. The zero-order valence-corrected chi connectivity index (χ0v) is 7.33. The first-order valence-electron chi connectivity index (χ1n) is 10.0. The van der Waals surface area contributed by atoms with Crippen molar-refractivity contribution in [2.75, 3.05) is 23.6 Å². The van der Waals surface area contributed by atoms with Gasteiger partial charge >= 0.3 is 0 Å². The van der Waals surface area contributed by atoms with Crippen LogP contribution in [0.25, 0.3) is 0 Å². The fourth-order valence-electron chi connectivity index (χ4n) is 1.08. The molecule has 1 aromatic rings. The van der Waals surface area contributed by atoms with Crippen LogP contribution in [0, 0.1) is 5.89 Å². The minimum atomic E-state index is -3.73. The molecule has 0 radical (unpaired) electrons. The monoisotopic (exact) mass is 202 g/mol. The van der Waals surface area contributed by atoms with E-state index in [1.165, 1.54) is 18.2 Å². The lowest BCUT2D eigenvalue weighted by atomic mass is 9.99. The summed E-state index contributed by atoms with van der Waals surface area (Å²) in [6, 6.07) is 5.08. The molecule has 1 aliphatic heterocycles. The Hall–Kier alpha value is -1.18. The Morgan fingerprint density at radius 3 is 3.00 bits per heavy atom. The van der Waals surface area contributed by atoms with Crippen LogP contribution in [0.3, 0.4) is 0 Å². The van der Waals surface area contributed by atoms with Gasteiger partial charge in [0.25, 0.3) is 0 Å². The van der Waals surface area contributed by atoms with Crippen LogP contribution in [0.5, 0.6) is 0 Å². The normalized spacial score (nSPS) is 48.7. The molecule has 1 fully saturated rings. The fraction of sp³-hybridized carbons (Fsp3) is 0.500. The van der Waals surface area contributed by atoms with Crippen LogP contribution < -0.4 is 10.6 Å². The standard InChI is InChI=1S/C12H18N2/c1-10-5-7-14(8-6-10)12-4-2-3-11(13)9-12/h2-4,9-10H,5-8,13H2,1H3/i1D3,5D2,6D2,7D2,8D2,10D. The topological polar surface area (TPSA) is 29.3 Å². The first kappa shape index (κ1) is 2.69. The average molecular weight is 202 g/mol. The largest absolute Gasteiger partial charge is 0.399 e. The SMILES string of the molecule is [2H]C([2H])([2H])C1([2H])C([2H])([2H])C([2H])([2H])N(c2cccc(N)c2)C([2H])([2H])C1([2H])[2H]. The minimum Gasteiger partial charge on any atom is -0.399 e. The highest BCUT2D eigenvalue weighted by molar-refractivity contribution is 5.56. The van der Waals surface area contributed by atoms with Crippen molar-refractivity contribution in [2.45, 2.75) is 19.6 Å². The molecule has 0 aromatic heterocycles. The second-order valence-electron chi connectivity index (χ2n) is 2.78. The van der Waals surface area contributed by atoms with Gasteiger partial charge in [-0.25, -0.2) is 0 Å². The quantitative estimate of drug-likeness (QED) is 0.709. The molecule has 2 rings (SSSR count). The number of nitrogen functional groups attached to an aromatic ring is 1. The maximum Gasteiger partial charge on any atom is 0.0493 e. The van der Waals surface area contributed by atoms with E-state index in [-0.39, 0.29) is 16.3 Å². The van der Waals surface area contributed by atoms with Crippen LogP contribution in [0.2, 0.25) is 0 Å². The second-order valence-corrected chi connectivity index (χ2v) is 2.78. The molecule has 0 spiro atoms. The van der Waals surface area contributed by atoms with Gasteiger partial charge in [-0.15, -0.1) is 0 Å². The van der Waals surface area contributed by atoms with Crippen molar-refractivity contribution in [1.82, 2.24) is 0 Å². The minimum absolute atomic E-state index is 0.0914. The van der Waals surface area contributed by atoms with Crippen molar-refractivity contribution in [3.05, 3.63) is 24.3 Å². The van der Waals surface area contributed by atoms with Gasteiger partial charge in [-0.05, 0) is 36.8 Å². The first-order chi connectivity index (χ1) is 11.4. The second kappa shape index (κ2) is 3.91. The van der Waals surface area contributed by atoms with Gasteiger partial charge in [0.1, 0.15) is 0 Å². The zero-order chi connectivity index (χ0) is 20.6. The third-order valence-electron chi connectivity index (χ3n) is 1.71. The maximum atomic E-state index is 8.16. The molecular formula is C12H18N2. The molecule has 2 nitrogen and oxygen atoms in total. The molecular weight excluding hydrogens is 172 g/mol. The molecule has 0 bridgehead atoms. The van der Waals surface area contributed by atoms with Crippen molar-refractivity contribution >= 4 is 11.4 Å². The molecule has 0 atom stereocenters. The Labute approximate surface area is 103 Å². The van der Waals surface area contributed by atoms with Crippen molar-refractivity contribution in [2.24, 2.45) is 5.89 Å². The number of rotatable bonds is 1. The van der Waals surface area contributed by atoms with E-state index in [1.807, 2.05) is 0 Å². The number of nitrogens with zero attached hydrogens (tertiary/aromatic N) is 1. The van der Waals surface area contributed by atoms with Gasteiger partial charge in [-0.2, -0.15) is 0 Å². The summed E-state index contributed by atoms with van der Waals surface area (Å²) < 4.78 is 95.5. The summed E-state index contributed by atoms with van der Waals surface area (Å²) >= 11 is 0. The van der Waals surface area contributed by atoms with Gasteiger partial charge in [0.2, 0.25) is 0 Å². The van der Waals surface area contributed by atoms with E-state index in [2.05, 4.69) is 0 Å². The van der Waals surface area contributed by atoms with Gasteiger partial charge in [0, 0.05) is 40.8 Å². The Balaban J connectivity index is 2.89. The zero-order valence-electron chi connectivity index (χ0n) is 19.3. The van der Waals surface area contributed by atoms with E-state index in [1.54, 1.807) is 0 Å². The van der Waals surface area contributed by atoms with E-state index in [9.17, 15) is 0 Å². The molecule has 2 heteroatoms. The van der Waals surface area contributed by atoms with Crippen LogP contribution in [0.1, 0.15) is 36.0 Å². The molecule has 76 valence electrons. The third-order valence-corrected chi connectivity index (χ3v) is 1.71. The van der Waals surface area contributed by atoms with E-state index in [4.69, 9.17) is 22.2 Å². The summed E-state index contributed by atoms with van der Waals surface area (Å²) in [5.41, 5.74) is 5.43. The highest BCUT2D eigenvalue weighted by Gasteiger charge is 2.15. The first-order valence-corrected chi connectivity index (χ1v) is 4.03. The predicted molar refractivity (Wildman–Crippen MR) is 61.5 cm³/mol.